The van der Waals surface area contributed by atoms with Crippen molar-refractivity contribution in [1.82, 2.24) is 4.98 Å². The van der Waals surface area contributed by atoms with Gasteiger partial charge in [0, 0.05) is 29.4 Å². The van der Waals surface area contributed by atoms with E-state index in [1.165, 1.54) is 23.6 Å². The third kappa shape index (κ3) is 3.70. The van der Waals surface area contributed by atoms with Crippen LogP contribution in [0.2, 0.25) is 0 Å². The third-order valence-corrected chi connectivity index (χ3v) is 6.97. The first-order valence-corrected chi connectivity index (χ1v) is 11.3. The fraction of sp³-hybridized carbons (Fsp3) is 0.200. The largest absolute Gasteiger partial charge is 0.496 e. The SMILES string of the molecule is COc1cc(C(=O)N2CCc3cc(S(=O)(=O)Nc4nccs4)ccc32)ccc1C. The smallest absolute Gasteiger partial charge is 0.263 e. The fourth-order valence-corrected chi connectivity index (χ4v) is 5.15. The van der Waals surface area contributed by atoms with Crippen LogP contribution in [0.1, 0.15) is 21.5 Å². The molecule has 0 atom stereocenters. The van der Waals surface area contributed by atoms with Gasteiger partial charge in [-0.1, -0.05) is 6.07 Å². The Morgan fingerprint density at radius 1 is 1.24 bits per heavy atom. The van der Waals surface area contributed by atoms with Gasteiger partial charge in [-0.25, -0.2) is 13.4 Å². The maximum Gasteiger partial charge on any atom is 0.263 e. The zero-order chi connectivity index (χ0) is 20.6. The van der Waals surface area contributed by atoms with Crippen LogP contribution in [-0.2, 0) is 16.4 Å². The number of thiazole rings is 1. The number of sulfonamides is 1. The lowest BCUT2D eigenvalue weighted by Gasteiger charge is -2.18. The van der Waals surface area contributed by atoms with E-state index in [0.29, 0.717) is 29.4 Å². The maximum atomic E-state index is 13.0. The Balaban J connectivity index is 1.61. The van der Waals surface area contributed by atoms with Crippen molar-refractivity contribution < 1.29 is 17.9 Å². The summed E-state index contributed by atoms with van der Waals surface area (Å²) < 4.78 is 33.0. The number of benzene rings is 2. The van der Waals surface area contributed by atoms with Gasteiger partial charge in [-0.05, 0) is 54.8 Å². The molecule has 4 rings (SSSR count). The van der Waals surface area contributed by atoms with Crippen LogP contribution in [0.15, 0.2) is 52.9 Å². The van der Waals surface area contributed by atoms with Gasteiger partial charge in [-0.2, -0.15) is 0 Å². The lowest BCUT2D eigenvalue weighted by atomic mass is 10.1. The number of methoxy groups -OCH3 is 1. The van der Waals surface area contributed by atoms with Gasteiger partial charge in [0.25, 0.3) is 15.9 Å². The predicted octanol–water partition coefficient (Wildman–Crippen LogP) is 3.46. The van der Waals surface area contributed by atoms with Gasteiger partial charge in [0.15, 0.2) is 5.13 Å². The second kappa shape index (κ2) is 7.49. The number of nitrogens with zero attached hydrogens (tertiary/aromatic N) is 2. The highest BCUT2D eigenvalue weighted by atomic mass is 32.2. The van der Waals surface area contributed by atoms with Crippen molar-refractivity contribution in [3.8, 4) is 5.75 Å². The number of ether oxygens (including phenoxy) is 1. The molecule has 0 spiro atoms. The fourth-order valence-electron chi connectivity index (χ4n) is 3.31. The quantitative estimate of drug-likeness (QED) is 0.671. The predicted molar refractivity (Wildman–Crippen MR) is 112 cm³/mol. The summed E-state index contributed by atoms with van der Waals surface area (Å²) in [6.45, 7) is 2.41. The van der Waals surface area contributed by atoms with Gasteiger partial charge in [0.05, 0.1) is 12.0 Å². The van der Waals surface area contributed by atoms with E-state index in [9.17, 15) is 13.2 Å². The van der Waals surface area contributed by atoms with Gasteiger partial charge in [0.1, 0.15) is 5.75 Å². The summed E-state index contributed by atoms with van der Waals surface area (Å²) in [5.74, 6) is 0.517. The molecule has 2 aromatic carbocycles. The number of nitrogens with one attached hydrogen (secondary N) is 1. The van der Waals surface area contributed by atoms with Crippen LogP contribution in [0.4, 0.5) is 10.8 Å². The molecule has 0 bridgehead atoms. The number of anilines is 2. The number of aromatic nitrogens is 1. The van der Waals surface area contributed by atoms with Crippen molar-refractivity contribution in [2.45, 2.75) is 18.2 Å². The first-order valence-electron chi connectivity index (χ1n) is 8.91. The Kier molecular flexibility index (Phi) is 5.01. The Morgan fingerprint density at radius 2 is 2.07 bits per heavy atom. The van der Waals surface area contributed by atoms with Crippen LogP contribution in [0.3, 0.4) is 0 Å². The summed E-state index contributed by atoms with van der Waals surface area (Å²) in [7, 11) is -2.16. The zero-order valence-corrected chi connectivity index (χ0v) is 17.5. The van der Waals surface area contributed by atoms with E-state index in [-0.39, 0.29) is 10.8 Å². The van der Waals surface area contributed by atoms with Crippen LogP contribution in [0.25, 0.3) is 0 Å². The summed E-state index contributed by atoms with van der Waals surface area (Å²) >= 11 is 1.21. The molecule has 0 unspecified atom stereocenters. The molecule has 1 aliphatic heterocycles. The second-order valence-corrected chi connectivity index (χ2v) is 9.20. The van der Waals surface area contributed by atoms with Gasteiger partial charge in [-0.3, -0.25) is 9.52 Å². The van der Waals surface area contributed by atoms with Crippen molar-refractivity contribution >= 4 is 38.1 Å². The molecule has 29 heavy (non-hydrogen) atoms. The summed E-state index contributed by atoms with van der Waals surface area (Å²) in [6, 6.07) is 10.2. The minimum absolute atomic E-state index is 0.140. The number of hydrogen-bond acceptors (Lipinski definition) is 6. The molecule has 1 aromatic heterocycles. The highest BCUT2D eigenvalue weighted by molar-refractivity contribution is 7.93. The summed E-state index contributed by atoms with van der Waals surface area (Å²) in [6.07, 6.45) is 2.12. The van der Waals surface area contributed by atoms with E-state index in [2.05, 4.69) is 9.71 Å². The molecular formula is C20H19N3O4S2. The maximum absolute atomic E-state index is 13.0. The summed E-state index contributed by atoms with van der Waals surface area (Å²) in [5.41, 5.74) is 3.03. The molecule has 0 radical (unpaired) electrons. The van der Waals surface area contributed by atoms with Crippen LogP contribution < -0.4 is 14.4 Å². The van der Waals surface area contributed by atoms with Crippen molar-refractivity contribution in [1.29, 1.82) is 0 Å². The minimum atomic E-state index is -3.73. The van der Waals surface area contributed by atoms with Gasteiger partial charge < -0.3 is 9.64 Å². The average molecular weight is 430 g/mol. The van der Waals surface area contributed by atoms with E-state index in [0.717, 1.165) is 16.8 Å². The van der Waals surface area contributed by atoms with Crippen molar-refractivity contribution in [2.75, 3.05) is 23.3 Å². The number of amides is 1. The summed E-state index contributed by atoms with van der Waals surface area (Å²) in [4.78, 5) is 18.8. The molecule has 0 aliphatic carbocycles. The van der Waals surface area contributed by atoms with E-state index in [1.807, 2.05) is 13.0 Å². The molecule has 1 amide bonds. The number of aryl methyl sites for hydroxylation is 1. The lowest BCUT2D eigenvalue weighted by molar-refractivity contribution is 0.0989. The number of carbonyl (C=O) groups is 1. The molecule has 1 aliphatic rings. The molecule has 2 heterocycles. The lowest BCUT2D eigenvalue weighted by Crippen LogP contribution is -2.28. The molecule has 0 saturated carbocycles. The van der Waals surface area contributed by atoms with Gasteiger partial charge in [-0.15, -0.1) is 11.3 Å². The first-order chi connectivity index (χ1) is 13.9. The number of rotatable bonds is 5. The van der Waals surface area contributed by atoms with Crippen LogP contribution in [0.5, 0.6) is 5.75 Å². The van der Waals surface area contributed by atoms with Crippen LogP contribution in [-0.4, -0.2) is 33.0 Å². The second-order valence-electron chi connectivity index (χ2n) is 6.62. The highest BCUT2D eigenvalue weighted by Gasteiger charge is 2.28. The van der Waals surface area contributed by atoms with Gasteiger partial charge in [0.2, 0.25) is 0 Å². The molecule has 150 valence electrons. The first kappa shape index (κ1) is 19.4. The third-order valence-electron chi connectivity index (χ3n) is 4.81. The monoisotopic (exact) mass is 429 g/mol. The highest BCUT2D eigenvalue weighted by Crippen LogP contribution is 2.32. The number of hydrogen-bond donors (Lipinski definition) is 1. The molecular weight excluding hydrogens is 410 g/mol. The molecule has 3 aromatic rings. The van der Waals surface area contributed by atoms with Crippen molar-refractivity contribution in [2.24, 2.45) is 0 Å². The van der Waals surface area contributed by atoms with Gasteiger partial charge >= 0.3 is 0 Å². The molecule has 0 saturated heterocycles. The van der Waals surface area contributed by atoms with Crippen LogP contribution >= 0.6 is 11.3 Å². The Bertz CT molecular complexity index is 1170. The van der Waals surface area contributed by atoms with E-state index in [4.69, 9.17) is 4.74 Å². The van der Waals surface area contributed by atoms with Crippen LogP contribution in [0, 0.1) is 6.92 Å². The van der Waals surface area contributed by atoms with Crippen molar-refractivity contribution in [3.63, 3.8) is 0 Å². The Morgan fingerprint density at radius 3 is 2.79 bits per heavy atom. The van der Waals surface area contributed by atoms with Crippen molar-refractivity contribution in [3.05, 3.63) is 64.7 Å². The summed E-state index contributed by atoms with van der Waals surface area (Å²) in [5, 5.41) is 2.01. The zero-order valence-electron chi connectivity index (χ0n) is 15.9. The number of carbonyl (C=O) groups excluding carboxylic acids is 1. The normalized spacial score (nSPS) is 13.2. The van der Waals surface area contributed by atoms with E-state index >= 15 is 0 Å². The minimum Gasteiger partial charge on any atom is -0.496 e. The molecule has 1 N–H and O–H groups in total. The molecule has 0 fully saturated rings. The topological polar surface area (TPSA) is 88.6 Å². The Hall–Kier alpha value is -2.91. The van der Waals surface area contributed by atoms with E-state index in [1.54, 1.807) is 41.7 Å². The number of fused-ring (bicyclic) bond motifs is 1. The van der Waals surface area contributed by atoms with E-state index < -0.39 is 10.0 Å². The Labute approximate surface area is 173 Å². The standard InChI is InChI=1S/C20H19N3O4S2/c1-13-3-4-15(12-18(13)27-2)19(24)23-9-7-14-11-16(5-6-17(14)23)29(25,26)22-20-21-8-10-28-20/h3-6,8,10-12H,7,9H2,1-2H3,(H,21,22). The average Bonchev–Trinajstić information content (AvgIpc) is 3.36. The molecule has 7 nitrogen and oxygen atoms in total. The molecule has 9 heteroatoms.